The molecule has 1 heterocycles. The van der Waals surface area contributed by atoms with Gasteiger partial charge < -0.3 is 20.6 Å². The average Bonchev–Trinajstić information content (AvgIpc) is 3.17. The second-order valence-corrected chi connectivity index (χ2v) is 5.49. The molecule has 0 atom stereocenters. The van der Waals surface area contributed by atoms with Gasteiger partial charge in [-0.3, -0.25) is 10.2 Å². The summed E-state index contributed by atoms with van der Waals surface area (Å²) in [5.41, 5.74) is 8.09. The largest absolute Gasteiger partial charge is 0.507 e. The third kappa shape index (κ3) is 3.25. The van der Waals surface area contributed by atoms with E-state index in [0.717, 1.165) is 0 Å². The number of hydrogen-bond donors (Lipinski definition) is 4. The summed E-state index contributed by atoms with van der Waals surface area (Å²) in [5, 5.41) is 29.7. The minimum absolute atomic E-state index is 0.0210. The van der Waals surface area contributed by atoms with Crippen LogP contribution in [0.1, 0.15) is 27.0 Å². The normalized spacial score (nSPS) is 10.1. The lowest BCUT2D eigenvalue weighted by atomic mass is 10.0. The van der Waals surface area contributed by atoms with Crippen LogP contribution in [0, 0.1) is 16.7 Å². The number of amides is 1. The van der Waals surface area contributed by atoms with E-state index in [-0.39, 0.29) is 22.6 Å². The van der Waals surface area contributed by atoms with Crippen molar-refractivity contribution in [1.82, 2.24) is 0 Å². The fourth-order valence-electron chi connectivity index (χ4n) is 2.40. The molecular formula is C19H14N4O3. The van der Waals surface area contributed by atoms with Crippen molar-refractivity contribution in [2.45, 2.75) is 0 Å². The van der Waals surface area contributed by atoms with E-state index in [1.165, 1.54) is 30.7 Å². The molecule has 26 heavy (non-hydrogen) atoms. The smallest absolute Gasteiger partial charge is 0.259 e. The van der Waals surface area contributed by atoms with Gasteiger partial charge in [0.2, 0.25) is 0 Å². The minimum Gasteiger partial charge on any atom is -0.507 e. The molecule has 0 saturated carbocycles. The van der Waals surface area contributed by atoms with Crippen LogP contribution in [0.5, 0.6) is 5.75 Å². The lowest BCUT2D eigenvalue weighted by molar-refractivity contribution is 0.102. The van der Waals surface area contributed by atoms with Crippen LogP contribution < -0.4 is 11.1 Å². The van der Waals surface area contributed by atoms with Gasteiger partial charge in [-0.1, -0.05) is 0 Å². The Labute approximate surface area is 148 Å². The van der Waals surface area contributed by atoms with Crippen LogP contribution in [-0.2, 0) is 0 Å². The van der Waals surface area contributed by atoms with Crippen molar-refractivity contribution in [3.63, 3.8) is 0 Å². The van der Waals surface area contributed by atoms with Crippen LogP contribution in [0.25, 0.3) is 0 Å². The third-order valence-corrected chi connectivity index (χ3v) is 3.76. The SMILES string of the molecule is N#Cc1ccc(O)c(C(=O)Nc2ccc(N)c(C(=N)c3ccoc3)c2)c1. The van der Waals surface area contributed by atoms with Crippen LogP contribution in [0.4, 0.5) is 11.4 Å². The second-order valence-electron chi connectivity index (χ2n) is 5.49. The number of nitrogen functional groups attached to an aromatic ring is 1. The zero-order valence-corrected chi connectivity index (χ0v) is 13.5. The minimum atomic E-state index is -0.579. The monoisotopic (exact) mass is 346 g/mol. The summed E-state index contributed by atoms with van der Waals surface area (Å²) in [6.45, 7) is 0. The Morgan fingerprint density at radius 1 is 1.19 bits per heavy atom. The maximum absolute atomic E-state index is 12.4. The molecule has 7 heteroatoms. The van der Waals surface area contributed by atoms with E-state index < -0.39 is 5.91 Å². The Balaban J connectivity index is 1.89. The summed E-state index contributed by atoms with van der Waals surface area (Å²) in [7, 11) is 0. The van der Waals surface area contributed by atoms with Gasteiger partial charge in [-0.2, -0.15) is 5.26 Å². The molecule has 7 nitrogen and oxygen atoms in total. The first-order valence-corrected chi connectivity index (χ1v) is 7.55. The molecule has 0 bridgehead atoms. The molecule has 0 spiro atoms. The molecule has 0 unspecified atom stereocenters. The molecule has 2 aromatic carbocycles. The van der Waals surface area contributed by atoms with Crippen LogP contribution >= 0.6 is 0 Å². The zero-order valence-electron chi connectivity index (χ0n) is 13.5. The van der Waals surface area contributed by atoms with Gasteiger partial charge >= 0.3 is 0 Å². The molecule has 3 rings (SSSR count). The first-order valence-electron chi connectivity index (χ1n) is 7.55. The summed E-state index contributed by atoms with van der Waals surface area (Å²) in [5.74, 6) is -0.812. The van der Waals surface area contributed by atoms with Crippen molar-refractivity contribution in [2.75, 3.05) is 11.1 Å². The predicted octanol–water partition coefficient (Wildman–Crippen LogP) is 3.11. The molecule has 1 aromatic heterocycles. The second kappa shape index (κ2) is 6.83. The van der Waals surface area contributed by atoms with E-state index in [1.807, 2.05) is 6.07 Å². The van der Waals surface area contributed by atoms with Crippen LogP contribution in [0.15, 0.2) is 59.4 Å². The van der Waals surface area contributed by atoms with E-state index in [9.17, 15) is 9.90 Å². The Hall–Kier alpha value is -4.05. The number of hydrogen-bond acceptors (Lipinski definition) is 6. The number of furan rings is 1. The highest BCUT2D eigenvalue weighted by Crippen LogP contribution is 2.24. The Morgan fingerprint density at radius 2 is 2.00 bits per heavy atom. The van der Waals surface area contributed by atoms with E-state index in [4.69, 9.17) is 20.8 Å². The van der Waals surface area contributed by atoms with E-state index in [0.29, 0.717) is 22.5 Å². The van der Waals surface area contributed by atoms with Crippen LogP contribution in [0.2, 0.25) is 0 Å². The molecular weight excluding hydrogens is 332 g/mol. The molecule has 0 aliphatic carbocycles. The van der Waals surface area contributed by atoms with Gasteiger partial charge in [-0.15, -0.1) is 0 Å². The fraction of sp³-hybridized carbons (Fsp3) is 0. The predicted molar refractivity (Wildman–Crippen MR) is 96.3 cm³/mol. The maximum atomic E-state index is 12.4. The summed E-state index contributed by atoms with van der Waals surface area (Å²) in [6, 6.07) is 12.3. The van der Waals surface area contributed by atoms with Crippen molar-refractivity contribution in [3.8, 4) is 11.8 Å². The molecule has 5 N–H and O–H groups in total. The van der Waals surface area contributed by atoms with Crippen LogP contribution in [-0.4, -0.2) is 16.7 Å². The van der Waals surface area contributed by atoms with Gasteiger partial charge in [-0.05, 0) is 42.5 Å². The highest BCUT2D eigenvalue weighted by molar-refractivity contribution is 6.14. The van der Waals surface area contributed by atoms with E-state index in [1.54, 1.807) is 24.3 Å². The highest BCUT2D eigenvalue weighted by atomic mass is 16.3. The topological polar surface area (TPSA) is 136 Å². The molecule has 3 aromatic rings. The third-order valence-electron chi connectivity index (χ3n) is 3.76. The zero-order chi connectivity index (χ0) is 18.7. The van der Waals surface area contributed by atoms with Gasteiger partial charge in [0.1, 0.15) is 5.75 Å². The molecule has 128 valence electrons. The van der Waals surface area contributed by atoms with Crippen molar-refractivity contribution >= 4 is 23.0 Å². The van der Waals surface area contributed by atoms with E-state index >= 15 is 0 Å². The summed E-state index contributed by atoms with van der Waals surface area (Å²) < 4.78 is 4.98. The van der Waals surface area contributed by atoms with Gasteiger partial charge in [0.25, 0.3) is 5.91 Å². The molecule has 0 aliphatic heterocycles. The number of carbonyl (C=O) groups excluding carboxylic acids is 1. The number of anilines is 2. The first-order chi connectivity index (χ1) is 12.5. The quantitative estimate of drug-likeness (QED) is 0.425. The fourth-order valence-corrected chi connectivity index (χ4v) is 2.40. The lowest BCUT2D eigenvalue weighted by Gasteiger charge is -2.11. The number of nitrogens with zero attached hydrogens (tertiary/aromatic N) is 1. The van der Waals surface area contributed by atoms with Gasteiger partial charge in [0.05, 0.1) is 35.4 Å². The van der Waals surface area contributed by atoms with Gasteiger partial charge in [0.15, 0.2) is 0 Å². The lowest BCUT2D eigenvalue weighted by Crippen LogP contribution is -2.13. The van der Waals surface area contributed by atoms with Crippen molar-refractivity contribution in [1.29, 1.82) is 10.7 Å². The molecule has 0 aliphatic rings. The number of benzene rings is 2. The van der Waals surface area contributed by atoms with E-state index in [2.05, 4.69) is 5.32 Å². The Bertz CT molecular complexity index is 1030. The molecule has 0 radical (unpaired) electrons. The number of nitriles is 1. The highest BCUT2D eigenvalue weighted by Gasteiger charge is 2.15. The van der Waals surface area contributed by atoms with Gasteiger partial charge in [-0.25, -0.2) is 0 Å². The van der Waals surface area contributed by atoms with Crippen molar-refractivity contribution < 1.29 is 14.3 Å². The number of phenolic OH excluding ortho intramolecular Hbond substituents is 1. The first kappa shape index (κ1) is 16.8. The molecule has 0 fully saturated rings. The number of phenols is 1. The van der Waals surface area contributed by atoms with Gasteiger partial charge in [0, 0.05) is 22.5 Å². The Kier molecular flexibility index (Phi) is 4.41. The average molecular weight is 346 g/mol. The van der Waals surface area contributed by atoms with Crippen molar-refractivity contribution in [3.05, 3.63) is 77.2 Å². The number of nitrogens with one attached hydrogen (secondary N) is 2. The Morgan fingerprint density at radius 3 is 2.69 bits per heavy atom. The van der Waals surface area contributed by atoms with Crippen molar-refractivity contribution in [2.24, 2.45) is 0 Å². The number of rotatable bonds is 4. The molecule has 0 saturated heterocycles. The molecule has 1 amide bonds. The summed E-state index contributed by atoms with van der Waals surface area (Å²) >= 11 is 0. The maximum Gasteiger partial charge on any atom is 0.259 e. The number of aromatic hydroxyl groups is 1. The number of carbonyl (C=O) groups is 1. The van der Waals surface area contributed by atoms with Crippen LogP contribution in [0.3, 0.4) is 0 Å². The summed E-state index contributed by atoms with van der Waals surface area (Å²) in [4.78, 5) is 12.4. The summed E-state index contributed by atoms with van der Waals surface area (Å²) in [6.07, 6.45) is 2.88. The number of nitrogens with two attached hydrogens (primary N) is 1. The standard InChI is InChI=1S/C19H14N4O3/c20-9-11-1-4-17(24)15(7-11)19(25)23-13-2-3-16(21)14(8-13)18(22)12-5-6-26-10-12/h1-8,10,22,24H,21H2,(H,23,25).